The van der Waals surface area contributed by atoms with Crippen molar-refractivity contribution in [3.63, 3.8) is 0 Å². The SMILES string of the molecule is C=C.CC.C\C=C/C(=C/C)C(/C=C\C)=C\CC. The van der Waals surface area contributed by atoms with Crippen molar-refractivity contribution in [1.82, 2.24) is 0 Å². The standard InChI is InChI=1S/C13H20.C2H6.C2H4/c1-5-9-12(8-4)13(10-6-2)11-7-3;2*1-2/h5-6,8-11H,7H2,1-4H3;1-2H3;1-2H2/b9-5-,10-6-,12-8-,13-11-;;. The van der Waals surface area contributed by atoms with Gasteiger partial charge in [-0.2, -0.15) is 0 Å². The molecule has 0 aliphatic rings. The molecule has 0 aliphatic heterocycles. The van der Waals surface area contributed by atoms with E-state index in [1.54, 1.807) is 0 Å². The summed E-state index contributed by atoms with van der Waals surface area (Å²) in [5.74, 6) is 0. The molecule has 0 fully saturated rings. The van der Waals surface area contributed by atoms with Crippen LogP contribution in [0, 0.1) is 0 Å². The molecule has 0 aromatic rings. The molecule has 0 N–H and O–H groups in total. The summed E-state index contributed by atoms with van der Waals surface area (Å²) in [4.78, 5) is 0. The molecule has 0 saturated heterocycles. The van der Waals surface area contributed by atoms with Crippen molar-refractivity contribution in [1.29, 1.82) is 0 Å². The minimum absolute atomic E-state index is 1.08. The van der Waals surface area contributed by atoms with Gasteiger partial charge in [-0.25, -0.2) is 0 Å². The number of allylic oxidation sites excluding steroid dienone is 8. The summed E-state index contributed by atoms with van der Waals surface area (Å²) >= 11 is 0. The zero-order chi connectivity index (χ0) is 14.1. The van der Waals surface area contributed by atoms with Gasteiger partial charge in [-0.15, -0.1) is 13.2 Å². The van der Waals surface area contributed by atoms with E-state index in [4.69, 9.17) is 0 Å². The van der Waals surface area contributed by atoms with Gasteiger partial charge in [0.25, 0.3) is 0 Å². The van der Waals surface area contributed by atoms with Crippen LogP contribution in [0.5, 0.6) is 0 Å². The highest BCUT2D eigenvalue weighted by Crippen LogP contribution is 2.14. The summed E-state index contributed by atoms with van der Waals surface area (Å²) in [6.07, 6.45) is 13.9. The second kappa shape index (κ2) is 20.2. The fraction of sp³-hybridized carbons (Fsp3) is 0.412. The quantitative estimate of drug-likeness (QED) is 0.398. The smallest absolute Gasteiger partial charge is 0.0231 e. The van der Waals surface area contributed by atoms with Gasteiger partial charge in [-0.3, -0.25) is 0 Å². The van der Waals surface area contributed by atoms with Crippen LogP contribution in [0.15, 0.2) is 60.8 Å². The monoisotopic (exact) mass is 234 g/mol. The van der Waals surface area contributed by atoms with Gasteiger partial charge in [-0.1, -0.05) is 57.2 Å². The van der Waals surface area contributed by atoms with Gasteiger partial charge in [0.2, 0.25) is 0 Å². The molecule has 0 amide bonds. The Morgan fingerprint density at radius 2 is 1.29 bits per heavy atom. The Hall–Kier alpha value is -1.30. The molecule has 0 aliphatic carbocycles. The molecule has 0 bridgehead atoms. The number of hydrogen-bond donors (Lipinski definition) is 0. The van der Waals surface area contributed by atoms with Crippen LogP contribution in [0.25, 0.3) is 0 Å². The topological polar surface area (TPSA) is 0 Å². The molecule has 0 radical (unpaired) electrons. The molecular formula is C17H30. The lowest BCUT2D eigenvalue weighted by atomic mass is 10.0. The maximum atomic E-state index is 3.00. The summed E-state index contributed by atoms with van der Waals surface area (Å²) in [5.41, 5.74) is 2.60. The van der Waals surface area contributed by atoms with E-state index in [2.05, 4.69) is 63.5 Å². The van der Waals surface area contributed by atoms with Gasteiger partial charge in [0.1, 0.15) is 0 Å². The van der Waals surface area contributed by atoms with Crippen molar-refractivity contribution in [2.75, 3.05) is 0 Å². The Balaban J connectivity index is -0.000000439. The van der Waals surface area contributed by atoms with Crippen LogP contribution < -0.4 is 0 Å². The lowest BCUT2D eigenvalue weighted by molar-refractivity contribution is 1.20. The highest BCUT2D eigenvalue weighted by atomic mass is 14.0. The molecule has 0 aromatic carbocycles. The molecular weight excluding hydrogens is 204 g/mol. The first-order chi connectivity index (χ1) is 8.29. The third-order valence-electron chi connectivity index (χ3n) is 1.76. The molecule has 0 heterocycles. The number of hydrogen-bond acceptors (Lipinski definition) is 0. The fourth-order valence-corrected chi connectivity index (χ4v) is 1.22. The Morgan fingerprint density at radius 1 is 0.882 bits per heavy atom. The van der Waals surface area contributed by atoms with Gasteiger partial charge in [0.15, 0.2) is 0 Å². The van der Waals surface area contributed by atoms with Crippen molar-refractivity contribution < 1.29 is 0 Å². The third-order valence-corrected chi connectivity index (χ3v) is 1.76. The first-order valence-electron chi connectivity index (χ1n) is 6.42. The average molecular weight is 234 g/mol. The highest BCUT2D eigenvalue weighted by Gasteiger charge is 1.94. The van der Waals surface area contributed by atoms with Gasteiger partial charge < -0.3 is 0 Å². The van der Waals surface area contributed by atoms with E-state index in [9.17, 15) is 0 Å². The van der Waals surface area contributed by atoms with E-state index >= 15 is 0 Å². The zero-order valence-electron chi connectivity index (χ0n) is 12.6. The van der Waals surface area contributed by atoms with Gasteiger partial charge >= 0.3 is 0 Å². The maximum Gasteiger partial charge on any atom is -0.0231 e. The molecule has 0 saturated carbocycles. The van der Waals surface area contributed by atoms with Crippen LogP contribution in [0.4, 0.5) is 0 Å². The van der Waals surface area contributed by atoms with E-state index in [0.717, 1.165) is 6.42 Å². The van der Waals surface area contributed by atoms with Crippen molar-refractivity contribution in [3.05, 3.63) is 60.8 Å². The largest absolute Gasteiger partial charge is 0.106 e. The summed E-state index contributed by atoms with van der Waals surface area (Å²) in [5, 5.41) is 0. The summed E-state index contributed by atoms with van der Waals surface area (Å²) in [6, 6.07) is 0. The van der Waals surface area contributed by atoms with Crippen molar-refractivity contribution in [3.8, 4) is 0 Å². The average Bonchev–Trinajstić information content (AvgIpc) is 2.40. The van der Waals surface area contributed by atoms with Gasteiger partial charge in [0.05, 0.1) is 0 Å². The van der Waals surface area contributed by atoms with Crippen molar-refractivity contribution in [2.24, 2.45) is 0 Å². The third kappa shape index (κ3) is 12.6. The summed E-state index contributed by atoms with van der Waals surface area (Å²) in [7, 11) is 0. The predicted octanol–water partition coefficient (Wildman–Crippen LogP) is 6.25. The molecule has 0 spiro atoms. The molecule has 0 atom stereocenters. The maximum absolute atomic E-state index is 3.00. The minimum atomic E-state index is 1.08. The van der Waals surface area contributed by atoms with Gasteiger partial charge in [0, 0.05) is 0 Å². The van der Waals surface area contributed by atoms with E-state index < -0.39 is 0 Å². The molecule has 0 heteroatoms. The van der Waals surface area contributed by atoms with Crippen molar-refractivity contribution >= 4 is 0 Å². The molecule has 0 unspecified atom stereocenters. The van der Waals surface area contributed by atoms with Crippen LogP contribution in [-0.4, -0.2) is 0 Å². The molecule has 0 aromatic heterocycles. The molecule has 0 rings (SSSR count). The minimum Gasteiger partial charge on any atom is -0.106 e. The Kier molecular flexibility index (Phi) is 24.9. The Morgan fingerprint density at radius 3 is 1.59 bits per heavy atom. The van der Waals surface area contributed by atoms with Gasteiger partial charge in [-0.05, 0) is 38.3 Å². The fourth-order valence-electron chi connectivity index (χ4n) is 1.22. The molecule has 17 heavy (non-hydrogen) atoms. The van der Waals surface area contributed by atoms with Crippen LogP contribution in [-0.2, 0) is 0 Å². The van der Waals surface area contributed by atoms with E-state index in [0.29, 0.717) is 0 Å². The van der Waals surface area contributed by atoms with Crippen LogP contribution in [0.3, 0.4) is 0 Å². The second-order valence-electron chi connectivity index (χ2n) is 2.81. The Labute approximate surface area is 109 Å². The van der Waals surface area contributed by atoms with E-state index in [1.807, 2.05) is 27.7 Å². The van der Waals surface area contributed by atoms with Crippen molar-refractivity contribution in [2.45, 2.75) is 48.0 Å². The van der Waals surface area contributed by atoms with Crippen LogP contribution in [0.1, 0.15) is 48.0 Å². The second-order valence-corrected chi connectivity index (χ2v) is 2.81. The first-order valence-corrected chi connectivity index (χ1v) is 6.42. The van der Waals surface area contributed by atoms with E-state index in [1.165, 1.54) is 11.1 Å². The van der Waals surface area contributed by atoms with Crippen LogP contribution in [0.2, 0.25) is 0 Å². The Bertz CT molecular complexity index is 249. The normalized spacial score (nSPS) is 11.9. The zero-order valence-corrected chi connectivity index (χ0v) is 12.6. The lowest BCUT2D eigenvalue weighted by Gasteiger charge is -2.02. The summed E-state index contributed by atoms with van der Waals surface area (Å²) < 4.78 is 0. The summed E-state index contributed by atoms with van der Waals surface area (Å²) in [6.45, 7) is 18.3. The predicted molar refractivity (Wildman–Crippen MR) is 84.4 cm³/mol. The first kappa shape index (κ1) is 21.0. The number of rotatable bonds is 4. The molecule has 0 nitrogen and oxygen atoms in total. The lowest BCUT2D eigenvalue weighted by Crippen LogP contribution is -1.82. The van der Waals surface area contributed by atoms with E-state index in [-0.39, 0.29) is 0 Å². The highest BCUT2D eigenvalue weighted by molar-refractivity contribution is 5.45. The molecule has 98 valence electrons. The van der Waals surface area contributed by atoms with Crippen LogP contribution >= 0.6 is 0 Å².